The average molecular weight is 1160 g/mol. The van der Waals surface area contributed by atoms with Crippen molar-refractivity contribution in [3.8, 4) is 0 Å². The molecule has 0 aliphatic carbocycles. The normalized spacial score (nSPS) is 12.7. The molecule has 0 heterocycles. The van der Waals surface area contributed by atoms with E-state index >= 15 is 0 Å². The molecule has 478 valence electrons. The van der Waals surface area contributed by atoms with Crippen LogP contribution in [-0.2, 0) is 28.6 Å². The quantitative estimate of drug-likeness (QED) is 0.0261. The Bertz CT molecular complexity index is 1610. The van der Waals surface area contributed by atoms with Gasteiger partial charge in [0.25, 0.3) is 0 Å². The molecule has 0 saturated carbocycles. The number of hydrogen-bond acceptors (Lipinski definition) is 6. The molecule has 0 aliphatic heterocycles. The predicted octanol–water partition coefficient (Wildman–Crippen LogP) is 24.8. The fourth-order valence-electron chi connectivity index (χ4n) is 10.3. The van der Waals surface area contributed by atoms with E-state index < -0.39 is 6.10 Å². The molecule has 0 rings (SSSR count). The number of ether oxygens (including phenoxy) is 3. The van der Waals surface area contributed by atoms with Crippen LogP contribution >= 0.6 is 0 Å². The summed E-state index contributed by atoms with van der Waals surface area (Å²) in [6.07, 6.45) is 95.9. The summed E-state index contributed by atoms with van der Waals surface area (Å²) in [4.78, 5) is 38.4. The molecule has 6 nitrogen and oxygen atoms in total. The van der Waals surface area contributed by atoms with E-state index in [1.165, 1.54) is 199 Å². The van der Waals surface area contributed by atoms with Crippen LogP contribution in [0.2, 0.25) is 0 Å². The van der Waals surface area contributed by atoms with E-state index in [0.717, 1.165) is 116 Å². The molecule has 83 heavy (non-hydrogen) atoms. The van der Waals surface area contributed by atoms with Gasteiger partial charge in [-0.15, -0.1) is 0 Å². The zero-order valence-electron chi connectivity index (χ0n) is 54.9. The van der Waals surface area contributed by atoms with E-state index in [1.807, 2.05) is 0 Å². The van der Waals surface area contributed by atoms with Crippen LogP contribution in [0, 0.1) is 0 Å². The summed E-state index contributed by atoms with van der Waals surface area (Å²) in [5, 5.41) is 0. The van der Waals surface area contributed by atoms with Crippen molar-refractivity contribution >= 4 is 17.9 Å². The van der Waals surface area contributed by atoms with E-state index in [9.17, 15) is 14.4 Å². The van der Waals surface area contributed by atoms with Gasteiger partial charge >= 0.3 is 17.9 Å². The SMILES string of the molecule is CC/C=C\C/C=C\C/C=C\C/C=C\C/C=C\CCCCCCCCCCCCCCCCCCCC(=O)OCC(COC(=O)CCCCC/C=C\C/C=C\C/C=C\CC)OC(=O)CCCCCCCCCCCCCCCCCCCCC. The molecule has 0 aromatic rings. The van der Waals surface area contributed by atoms with Crippen LogP contribution in [0.3, 0.4) is 0 Å². The maximum Gasteiger partial charge on any atom is 0.306 e. The first-order valence-electron chi connectivity index (χ1n) is 35.7. The van der Waals surface area contributed by atoms with Crippen molar-refractivity contribution in [1.29, 1.82) is 0 Å². The van der Waals surface area contributed by atoms with Crippen LogP contribution in [0.5, 0.6) is 0 Å². The summed E-state index contributed by atoms with van der Waals surface area (Å²) in [5.41, 5.74) is 0. The lowest BCUT2D eigenvalue weighted by Crippen LogP contribution is -2.30. The lowest BCUT2D eigenvalue weighted by molar-refractivity contribution is -0.167. The van der Waals surface area contributed by atoms with Gasteiger partial charge in [-0.1, -0.05) is 336 Å². The third kappa shape index (κ3) is 69.0. The molecule has 6 heteroatoms. The van der Waals surface area contributed by atoms with Crippen LogP contribution in [0.25, 0.3) is 0 Å². The molecule has 0 aromatic carbocycles. The van der Waals surface area contributed by atoms with Gasteiger partial charge in [0.2, 0.25) is 0 Å². The van der Waals surface area contributed by atoms with E-state index in [2.05, 4.69) is 118 Å². The van der Waals surface area contributed by atoms with Gasteiger partial charge in [-0.05, 0) is 96.3 Å². The summed E-state index contributed by atoms with van der Waals surface area (Å²) < 4.78 is 17.0. The molecule has 0 aromatic heterocycles. The van der Waals surface area contributed by atoms with Crippen LogP contribution in [0.4, 0.5) is 0 Å². The minimum absolute atomic E-state index is 0.0819. The van der Waals surface area contributed by atoms with Crippen molar-refractivity contribution in [2.75, 3.05) is 13.2 Å². The van der Waals surface area contributed by atoms with Crippen molar-refractivity contribution in [1.82, 2.24) is 0 Å². The molecule has 0 bridgehead atoms. The smallest absolute Gasteiger partial charge is 0.306 e. The first-order valence-corrected chi connectivity index (χ1v) is 35.7. The van der Waals surface area contributed by atoms with E-state index in [1.54, 1.807) is 0 Å². The van der Waals surface area contributed by atoms with Gasteiger partial charge in [-0.25, -0.2) is 0 Å². The number of rotatable bonds is 65. The zero-order valence-corrected chi connectivity index (χ0v) is 54.9. The number of esters is 3. The first kappa shape index (κ1) is 79.3. The molecule has 0 amide bonds. The Morgan fingerprint density at radius 2 is 0.470 bits per heavy atom. The third-order valence-electron chi connectivity index (χ3n) is 15.6. The molecule has 0 saturated heterocycles. The summed E-state index contributed by atoms with van der Waals surface area (Å²) in [6, 6.07) is 0. The fourth-order valence-corrected chi connectivity index (χ4v) is 10.3. The second kappa shape index (κ2) is 70.8. The molecular formula is C77H134O6. The number of allylic oxidation sites excluding steroid dienone is 16. The Hall–Kier alpha value is -3.67. The molecule has 0 spiro atoms. The van der Waals surface area contributed by atoms with E-state index in [-0.39, 0.29) is 31.1 Å². The highest BCUT2D eigenvalue weighted by atomic mass is 16.6. The Morgan fingerprint density at radius 3 is 0.747 bits per heavy atom. The highest BCUT2D eigenvalue weighted by molar-refractivity contribution is 5.71. The standard InChI is InChI=1S/C77H134O6/c1-4-7-10-13-16-19-22-25-27-29-31-32-33-34-35-36-37-38-39-40-41-42-43-44-46-47-49-52-55-58-61-64-67-70-76(79)82-73-74(72-81-75(78)69-66-63-60-57-54-51-24-21-18-15-12-9-6-3)83-77(80)71-68-65-62-59-56-53-50-48-45-30-28-26-23-20-17-14-11-8-5-2/h7,9-10,12,16,18-19,21,25,27,31-32,34-35,51,54,74H,4-6,8,11,13-15,17,20,22-24,26,28-30,33,36-50,52-53,55-73H2,1-3H3/b10-7-,12-9-,19-16-,21-18-,27-25-,32-31-,35-34-,54-51-. The number of carbonyl (C=O) groups is 3. The van der Waals surface area contributed by atoms with Crippen molar-refractivity contribution in [3.63, 3.8) is 0 Å². The Balaban J connectivity index is 4.18. The second-order valence-electron chi connectivity index (χ2n) is 23.7. The van der Waals surface area contributed by atoms with Gasteiger partial charge in [-0.3, -0.25) is 14.4 Å². The Morgan fingerprint density at radius 1 is 0.253 bits per heavy atom. The molecule has 1 atom stereocenters. The maximum atomic E-state index is 12.9. The fraction of sp³-hybridized carbons (Fsp3) is 0.753. The average Bonchev–Trinajstić information content (AvgIpc) is 3.49. The van der Waals surface area contributed by atoms with Gasteiger partial charge in [0.05, 0.1) is 0 Å². The number of unbranched alkanes of at least 4 members (excludes halogenated alkanes) is 38. The summed E-state index contributed by atoms with van der Waals surface area (Å²) in [7, 11) is 0. The van der Waals surface area contributed by atoms with E-state index in [4.69, 9.17) is 14.2 Å². The molecule has 1 unspecified atom stereocenters. The topological polar surface area (TPSA) is 78.9 Å². The third-order valence-corrected chi connectivity index (χ3v) is 15.6. The minimum Gasteiger partial charge on any atom is -0.462 e. The number of carbonyl (C=O) groups excluding carboxylic acids is 3. The highest BCUT2D eigenvalue weighted by Gasteiger charge is 2.19. The van der Waals surface area contributed by atoms with E-state index in [0.29, 0.717) is 19.3 Å². The Labute approximate surface area is 515 Å². The lowest BCUT2D eigenvalue weighted by atomic mass is 10.0. The van der Waals surface area contributed by atoms with Gasteiger partial charge in [0.1, 0.15) is 13.2 Å². The molecular weight excluding hydrogens is 1020 g/mol. The van der Waals surface area contributed by atoms with Gasteiger partial charge in [0.15, 0.2) is 6.10 Å². The zero-order chi connectivity index (χ0) is 59.9. The van der Waals surface area contributed by atoms with Crippen molar-refractivity contribution in [3.05, 3.63) is 97.2 Å². The van der Waals surface area contributed by atoms with Gasteiger partial charge in [0, 0.05) is 19.3 Å². The molecule has 0 fully saturated rings. The summed E-state index contributed by atoms with van der Waals surface area (Å²) >= 11 is 0. The van der Waals surface area contributed by atoms with Crippen LogP contribution in [-0.4, -0.2) is 37.2 Å². The Kier molecular flexibility index (Phi) is 67.7. The number of hydrogen-bond donors (Lipinski definition) is 0. The molecule has 0 aliphatic rings. The second-order valence-corrected chi connectivity index (χ2v) is 23.7. The monoisotopic (exact) mass is 1160 g/mol. The molecule has 0 N–H and O–H groups in total. The summed E-state index contributed by atoms with van der Waals surface area (Å²) in [6.45, 7) is 6.44. The van der Waals surface area contributed by atoms with Crippen LogP contribution in [0.15, 0.2) is 97.2 Å². The molecule has 0 radical (unpaired) electrons. The largest absolute Gasteiger partial charge is 0.462 e. The first-order chi connectivity index (χ1) is 41.0. The summed E-state index contributed by atoms with van der Waals surface area (Å²) in [5.74, 6) is -0.893. The van der Waals surface area contributed by atoms with Crippen LogP contribution in [0.1, 0.15) is 355 Å². The lowest BCUT2D eigenvalue weighted by Gasteiger charge is -2.18. The predicted molar refractivity (Wildman–Crippen MR) is 362 cm³/mol. The maximum absolute atomic E-state index is 12.9. The van der Waals surface area contributed by atoms with Crippen molar-refractivity contribution in [2.45, 2.75) is 361 Å². The highest BCUT2D eigenvalue weighted by Crippen LogP contribution is 2.18. The minimum atomic E-state index is -0.787. The van der Waals surface area contributed by atoms with Gasteiger partial charge in [-0.2, -0.15) is 0 Å². The van der Waals surface area contributed by atoms with Crippen LogP contribution < -0.4 is 0 Å². The van der Waals surface area contributed by atoms with Crippen molar-refractivity contribution < 1.29 is 28.6 Å². The van der Waals surface area contributed by atoms with Gasteiger partial charge < -0.3 is 14.2 Å². The van der Waals surface area contributed by atoms with Crippen molar-refractivity contribution in [2.24, 2.45) is 0 Å².